The number of furan rings is 1. The minimum absolute atomic E-state index is 0.265. The van der Waals surface area contributed by atoms with Gasteiger partial charge in [0.1, 0.15) is 17.0 Å². The van der Waals surface area contributed by atoms with Crippen molar-refractivity contribution in [1.82, 2.24) is 0 Å². The third-order valence-electron chi connectivity index (χ3n) is 2.59. The van der Waals surface area contributed by atoms with Crippen molar-refractivity contribution < 1.29 is 8.81 Å². The zero-order chi connectivity index (χ0) is 12.4. The van der Waals surface area contributed by atoms with Gasteiger partial charge < -0.3 is 4.42 Å². The highest BCUT2D eigenvalue weighted by molar-refractivity contribution is 6.04. The lowest BCUT2D eigenvalue weighted by atomic mass is 10.1. The van der Waals surface area contributed by atoms with Gasteiger partial charge in [-0.15, -0.1) is 0 Å². The molecule has 0 aliphatic heterocycles. The van der Waals surface area contributed by atoms with Crippen LogP contribution in [0.25, 0.3) is 21.9 Å². The van der Waals surface area contributed by atoms with Crippen molar-refractivity contribution in [3.8, 4) is 0 Å². The van der Waals surface area contributed by atoms with Crippen molar-refractivity contribution in [2.24, 2.45) is 0 Å². The molecule has 0 aliphatic rings. The molecule has 0 aliphatic carbocycles. The topological polar surface area (TPSA) is 13.1 Å². The van der Waals surface area contributed by atoms with Crippen LogP contribution in [0.5, 0.6) is 0 Å². The summed E-state index contributed by atoms with van der Waals surface area (Å²) in [6.07, 6.45) is 0. The quantitative estimate of drug-likeness (QED) is 0.526. The fraction of sp³-hybridized carbons (Fsp3) is 0.200. The molecule has 0 amide bonds. The summed E-state index contributed by atoms with van der Waals surface area (Å²) in [5.74, 6) is -0.265. The minimum atomic E-state index is -0.265. The first-order chi connectivity index (χ1) is 8.24. The number of hydrogen-bond acceptors (Lipinski definition) is 1. The van der Waals surface area contributed by atoms with Crippen LogP contribution >= 0.6 is 0 Å². The maximum Gasteiger partial charge on any atom is 0.138 e. The molecule has 0 bridgehead atoms. The molecule has 0 atom stereocenters. The van der Waals surface area contributed by atoms with Crippen LogP contribution in [-0.2, 0) is 0 Å². The van der Waals surface area contributed by atoms with E-state index in [9.17, 15) is 4.39 Å². The molecule has 0 unspecified atom stereocenters. The molecule has 1 aromatic heterocycles. The second-order valence-corrected chi connectivity index (χ2v) is 3.74. The predicted molar refractivity (Wildman–Crippen MR) is 69.8 cm³/mol. The molecule has 2 aromatic carbocycles. The monoisotopic (exact) mass is 230 g/mol. The van der Waals surface area contributed by atoms with E-state index in [1.165, 1.54) is 17.7 Å². The molecule has 0 spiro atoms. The Balaban J connectivity index is 0.000000514. The largest absolute Gasteiger partial charge is 0.456 e. The smallest absolute Gasteiger partial charge is 0.138 e. The van der Waals surface area contributed by atoms with Gasteiger partial charge in [-0.2, -0.15) is 0 Å². The van der Waals surface area contributed by atoms with Gasteiger partial charge in [0.05, 0.1) is 0 Å². The van der Waals surface area contributed by atoms with Crippen LogP contribution in [0.3, 0.4) is 0 Å². The molecule has 0 fully saturated rings. The first-order valence-corrected chi connectivity index (χ1v) is 5.82. The van der Waals surface area contributed by atoms with E-state index in [1.54, 1.807) is 6.07 Å². The van der Waals surface area contributed by atoms with E-state index in [4.69, 9.17) is 4.42 Å². The summed E-state index contributed by atoms with van der Waals surface area (Å²) < 4.78 is 18.5. The molecular weight excluding hydrogens is 215 g/mol. The SMILES string of the molecule is CC.Cc1ccc2oc3cc(F)ccc3c2c1. The van der Waals surface area contributed by atoms with Crippen LogP contribution in [-0.4, -0.2) is 0 Å². The highest BCUT2D eigenvalue weighted by Gasteiger charge is 2.06. The number of benzene rings is 2. The Morgan fingerprint density at radius 2 is 1.65 bits per heavy atom. The Morgan fingerprint density at radius 1 is 0.882 bits per heavy atom. The van der Waals surface area contributed by atoms with Crippen molar-refractivity contribution in [2.45, 2.75) is 20.8 Å². The molecule has 1 heterocycles. The van der Waals surface area contributed by atoms with E-state index < -0.39 is 0 Å². The molecule has 3 aromatic rings. The van der Waals surface area contributed by atoms with E-state index in [2.05, 4.69) is 6.07 Å². The van der Waals surface area contributed by atoms with E-state index in [1.807, 2.05) is 32.9 Å². The van der Waals surface area contributed by atoms with Gasteiger partial charge in [-0.1, -0.05) is 25.5 Å². The van der Waals surface area contributed by atoms with Gasteiger partial charge in [0.15, 0.2) is 0 Å². The lowest BCUT2D eigenvalue weighted by Gasteiger charge is -1.91. The van der Waals surface area contributed by atoms with Crippen LogP contribution < -0.4 is 0 Å². The molecular formula is C15H15FO. The van der Waals surface area contributed by atoms with Crippen LogP contribution in [0.15, 0.2) is 40.8 Å². The molecule has 2 heteroatoms. The number of aryl methyl sites for hydroxylation is 1. The second-order valence-electron chi connectivity index (χ2n) is 3.74. The van der Waals surface area contributed by atoms with Crippen molar-refractivity contribution in [2.75, 3.05) is 0 Å². The second kappa shape index (κ2) is 4.58. The summed E-state index contributed by atoms with van der Waals surface area (Å²) >= 11 is 0. The van der Waals surface area contributed by atoms with Gasteiger partial charge in [-0.25, -0.2) is 4.39 Å². The molecule has 0 saturated heterocycles. The maximum atomic E-state index is 13.0. The Hall–Kier alpha value is -1.83. The first-order valence-electron chi connectivity index (χ1n) is 5.82. The molecule has 17 heavy (non-hydrogen) atoms. The number of halogens is 1. The Bertz CT molecular complexity index is 652. The summed E-state index contributed by atoms with van der Waals surface area (Å²) in [4.78, 5) is 0. The third kappa shape index (κ3) is 2.03. The summed E-state index contributed by atoms with van der Waals surface area (Å²) in [5, 5.41) is 2.01. The molecule has 0 saturated carbocycles. The van der Waals surface area contributed by atoms with Gasteiger partial charge in [-0.3, -0.25) is 0 Å². The Kier molecular flexibility index (Phi) is 3.14. The van der Waals surface area contributed by atoms with Crippen LogP contribution in [0.1, 0.15) is 19.4 Å². The van der Waals surface area contributed by atoms with Gasteiger partial charge in [0, 0.05) is 16.8 Å². The number of fused-ring (bicyclic) bond motifs is 3. The third-order valence-corrected chi connectivity index (χ3v) is 2.59. The van der Waals surface area contributed by atoms with E-state index >= 15 is 0 Å². The first kappa shape index (κ1) is 11.6. The molecule has 88 valence electrons. The molecule has 0 radical (unpaired) electrons. The van der Waals surface area contributed by atoms with Crippen LogP contribution in [0, 0.1) is 12.7 Å². The number of hydrogen-bond donors (Lipinski definition) is 0. The standard InChI is InChI=1S/C13H9FO.C2H6/c1-8-2-5-12-11(6-8)10-4-3-9(14)7-13(10)15-12;1-2/h2-7H,1H3;1-2H3. The molecule has 3 rings (SSSR count). The summed E-state index contributed by atoms with van der Waals surface area (Å²) in [6.45, 7) is 6.03. The lowest BCUT2D eigenvalue weighted by molar-refractivity contribution is 0.618. The minimum Gasteiger partial charge on any atom is -0.456 e. The average molecular weight is 230 g/mol. The predicted octanol–water partition coefficient (Wildman–Crippen LogP) is 5.06. The Morgan fingerprint density at radius 3 is 2.41 bits per heavy atom. The summed E-state index contributed by atoms with van der Waals surface area (Å²) in [5.41, 5.74) is 2.59. The van der Waals surface area contributed by atoms with Crippen molar-refractivity contribution in [1.29, 1.82) is 0 Å². The zero-order valence-corrected chi connectivity index (χ0v) is 10.3. The van der Waals surface area contributed by atoms with E-state index in [0.29, 0.717) is 5.58 Å². The van der Waals surface area contributed by atoms with Crippen LogP contribution in [0.4, 0.5) is 4.39 Å². The Labute approximate surface area is 99.9 Å². The van der Waals surface area contributed by atoms with Gasteiger partial charge in [0.2, 0.25) is 0 Å². The van der Waals surface area contributed by atoms with E-state index in [0.717, 1.165) is 16.4 Å². The molecule has 0 N–H and O–H groups in total. The summed E-state index contributed by atoms with van der Waals surface area (Å²) in [6, 6.07) is 10.6. The fourth-order valence-corrected chi connectivity index (χ4v) is 1.86. The highest BCUT2D eigenvalue weighted by atomic mass is 19.1. The zero-order valence-electron chi connectivity index (χ0n) is 10.3. The van der Waals surface area contributed by atoms with Gasteiger partial charge >= 0.3 is 0 Å². The van der Waals surface area contributed by atoms with Crippen molar-refractivity contribution in [3.63, 3.8) is 0 Å². The maximum absolute atomic E-state index is 13.0. The van der Waals surface area contributed by atoms with Crippen molar-refractivity contribution >= 4 is 21.9 Å². The fourth-order valence-electron chi connectivity index (χ4n) is 1.86. The highest BCUT2D eigenvalue weighted by Crippen LogP contribution is 2.29. The average Bonchev–Trinajstić information content (AvgIpc) is 2.68. The lowest BCUT2D eigenvalue weighted by Crippen LogP contribution is -1.72. The normalized spacial score (nSPS) is 10.4. The van der Waals surface area contributed by atoms with Crippen LogP contribution in [0.2, 0.25) is 0 Å². The number of rotatable bonds is 0. The molecule has 1 nitrogen and oxygen atoms in total. The summed E-state index contributed by atoms with van der Waals surface area (Å²) in [7, 11) is 0. The van der Waals surface area contributed by atoms with E-state index in [-0.39, 0.29) is 5.82 Å². The van der Waals surface area contributed by atoms with Gasteiger partial charge in [0.25, 0.3) is 0 Å². The van der Waals surface area contributed by atoms with Gasteiger partial charge in [-0.05, 0) is 31.2 Å². The van der Waals surface area contributed by atoms with Crippen molar-refractivity contribution in [3.05, 3.63) is 47.8 Å².